The lowest BCUT2D eigenvalue weighted by Crippen LogP contribution is -2.01. The maximum absolute atomic E-state index is 13.7. The Labute approximate surface area is 139 Å². The van der Waals surface area contributed by atoms with Crippen LogP contribution in [-0.2, 0) is 6.42 Å². The van der Waals surface area contributed by atoms with Gasteiger partial charge in [0.05, 0.1) is 6.61 Å². The van der Waals surface area contributed by atoms with Crippen LogP contribution >= 0.6 is 31.9 Å². The minimum Gasteiger partial charge on any atom is -0.494 e. The summed E-state index contributed by atoms with van der Waals surface area (Å²) in [6.07, 6.45) is 0.357. The second kappa shape index (κ2) is 7.36. The molecule has 2 rings (SSSR count). The van der Waals surface area contributed by atoms with Gasteiger partial charge in [0.1, 0.15) is 5.75 Å². The van der Waals surface area contributed by atoms with E-state index in [1.165, 1.54) is 6.07 Å². The number of benzene rings is 2. The summed E-state index contributed by atoms with van der Waals surface area (Å²) >= 11 is 7.02. The summed E-state index contributed by atoms with van der Waals surface area (Å²) in [7, 11) is 0. The number of halogens is 4. The molecular weight excluding hydrogens is 406 g/mol. The predicted octanol–water partition coefficient (Wildman–Crippen LogP) is 5.80. The molecule has 5 heteroatoms. The molecule has 1 nitrogen and oxygen atoms in total. The molecule has 0 aromatic heterocycles. The first-order valence-electron chi connectivity index (χ1n) is 6.52. The molecule has 0 spiro atoms. The predicted molar refractivity (Wildman–Crippen MR) is 87.0 cm³/mol. The van der Waals surface area contributed by atoms with Crippen molar-refractivity contribution in [3.05, 3.63) is 63.6 Å². The van der Waals surface area contributed by atoms with E-state index in [9.17, 15) is 8.78 Å². The summed E-state index contributed by atoms with van der Waals surface area (Å²) in [6.45, 7) is 2.51. The van der Waals surface area contributed by atoms with Crippen molar-refractivity contribution >= 4 is 31.9 Å². The summed E-state index contributed by atoms with van der Waals surface area (Å²) < 4.78 is 33.2. The fourth-order valence-corrected chi connectivity index (χ4v) is 3.72. The lowest BCUT2D eigenvalue weighted by atomic mass is 10.0. The van der Waals surface area contributed by atoms with Crippen LogP contribution in [0.25, 0.3) is 0 Å². The van der Waals surface area contributed by atoms with Crippen molar-refractivity contribution in [1.82, 2.24) is 0 Å². The SMILES string of the molecule is CCOc1ccc(C(Br)Cc2cccc(F)c2F)c(Br)c1. The highest BCUT2D eigenvalue weighted by Gasteiger charge is 2.16. The Balaban J connectivity index is 2.20. The first-order chi connectivity index (χ1) is 10.0. The van der Waals surface area contributed by atoms with Crippen LogP contribution in [-0.4, -0.2) is 6.61 Å². The van der Waals surface area contributed by atoms with Gasteiger partial charge in [-0.2, -0.15) is 0 Å². The van der Waals surface area contributed by atoms with Gasteiger partial charge in [-0.05, 0) is 42.7 Å². The van der Waals surface area contributed by atoms with E-state index in [1.54, 1.807) is 6.07 Å². The molecule has 0 saturated heterocycles. The van der Waals surface area contributed by atoms with E-state index in [0.29, 0.717) is 18.6 Å². The quantitative estimate of drug-likeness (QED) is 0.556. The number of rotatable bonds is 5. The third-order valence-corrected chi connectivity index (χ3v) is 4.55. The molecule has 1 unspecified atom stereocenters. The normalized spacial score (nSPS) is 12.2. The zero-order valence-electron chi connectivity index (χ0n) is 11.4. The van der Waals surface area contributed by atoms with Gasteiger partial charge in [0.15, 0.2) is 11.6 Å². The summed E-state index contributed by atoms with van der Waals surface area (Å²) in [5, 5.41) is 0. The number of alkyl halides is 1. The summed E-state index contributed by atoms with van der Waals surface area (Å²) in [4.78, 5) is -0.126. The van der Waals surface area contributed by atoms with Gasteiger partial charge in [-0.25, -0.2) is 8.78 Å². The van der Waals surface area contributed by atoms with Crippen molar-refractivity contribution in [2.75, 3.05) is 6.61 Å². The van der Waals surface area contributed by atoms with Crippen molar-refractivity contribution in [2.24, 2.45) is 0 Å². The number of ether oxygens (including phenoxy) is 1. The molecule has 0 aliphatic carbocycles. The fraction of sp³-hybridized carbons (Fsp3) is 0.250. The van der Waals surface area contributed by atoms with E-state index in [1.807, 2.05) is 25.1 Å². The Kier molecular flexibility index (Phi) is 5.76. The van der Waals surface area contributed by atoms with Gasteiger partial charge in [0.25, 0.3) is 0 Å². The van der Waals surface area contributed by atoms with Crippen molar-refractivity contribution in [1.29, 1.82) is 0 Å². The highest BCUT2D eigenvalue weighted by Crippen LogP contribution is 2.35. The van der Waals surface area contributed by atoms with Crippen molar-refractivity contribution in [2.45, 2.75) is 18.2 Å². The molecule has 0 fully saturated rings. The number of hydrogen-bond acceptors (Lipinski definition) is 1. The standard InChI is InChI=1S/C16H14Br2F2O/c1-2-21-11-6-7-12(14(18)9-11)13(17)8-10-4-3-5-15(19)16(10)20/h3-7,9,13H,2,8H2,1H3. The topological polar surface area (TPSA) is 9.23 Å². The van der Waals surface area contributed by atoms with Gasteiger partial charge < -0.3 is 4.74 Å². The number of hydrogen-bond donors (Lipinski definition) is 0. The molecule has 0 saturated carbocycles. The molecule has 0 aliphatic rings. The third kappa shape index (κ3) is 4.04. The average Bonchev–Trinajstić information content (AvgIpc) is 2.44. The molecule has 2 aromatic rings. The minimum atomic E-state index is -0.821. The third-order valence-electron chi connectivity index (χ3n) is 3.05. The highest BCUT2D eigenvalue weighted by molar-refractivity contribution is 9.11. The van der Waals surface area contributed by atoms with E-state index in [4.69, 9.17) is 4.74 Å². The lowest BCUT2D eigenvalue weighted by molar-refractivity contribution is 0.340. The van der Waals surface area contributed by atoms with Gasteiger partial charge in [-0.15, -0.1) is 0 Å². The second-order valence-electron chi connectivity index (χ2n) is 4.50. The molecule has 0 amide bonds. The second-order valence-corrected chi connectivity index (χ2v) is 6.46. The molecular formula is C16H14Br2F2O. The molecule has 1 atom stereocenters. The summed E-state index contributed by atoms with van der Waals surface area (Å²) in [6, 6.07) is 9.87. The van der Waals surface area contributed by atoms with Crippen LogP contribution in [0.3, 0.4) is 0 Å². The van der Waals surface area contributed by atoms with Crippen LogP contribution in [0.15, 0.2) is 40.9 Å². The van der Waals surface area contributed by atoms with Gasteiger partial charge >= 0.3 is 0 Å². The van der Waals surface area contributed by atoms with E-state index in [-0.39, 0.29) is 4.83 Å². The molecule has 2 aromatic carbocycles. The minimum absolute atomic E-state index is 0.126. The first-order valence-corrected chi connectivity index (χ1v) is 8.23. The van der Waals surface area contributed by atoms with Gasteiger partial charge in [-0.1, -0.05) is 50.1 Å². The maximum atomic E-state index is 13.7. The van der Waals surface area contributed by atoms with Gasteiger partial charge in [0.2, 0.25) is 0 Å². The Bertz CT molecular complexity index is 632. The van der Waals surface area contributed by atoms with Crippen LogP contribution in [0.4, 0.5) is 8.78 Å². The van der Waals surface area contributed by atoms with E-state index in [2.05, 4.69) is 31.9 Å². The molecule has 0 bridgehead atoms. The summed E-state index contributed by atoms with van der Waals surface area (Å²) in [5.41, 5.74) is 1.31. The molecule has 112 valence electrons. The first kappa shape index (κ1) is 16.4. The van der Waals surface area contributed by atoms with Crippen LogP contribution in [0, 0.1) is 11.6 Å². The van der Waals surface area contributed by atoms with Crippen LogP contribution in [0.5, 0.6) is 5.75 Å². The molecule has 0 heterocycles. The Hall–Kier alpha value is -0.940. The van der Waals surface area contributed by atoms with E-state index < -0.39 is 11.6 Å². The van der Waals surface area contributed by atoms with E-state index in [0.717, 1.165) is 21.9 Å². The van der Waals surface area contributed by atoms with Crippen molar-refractivity contribution < 1.29 is 13.5 Å². The van der Waals surface area contributed by atoms with Gasteiger partial charge in [0, 0.05) is 9.30 Å². The molecule has 0 radical (unpaired) electrons. The van der Waals surface area contributed by atoms with Crippen LogP contribution < -0.4 is 4.74 Å². The summed E-state index contributed by atoms with van der Waals surface area (Å²) in [5.74, 6) is -0.841. The van der Waals surface area contributed by atoms with Crippen molar-refractivity contribution in [3.63, 3.8) is 0 Å². The largest absolute Gasteiger partial charge is 0.494 e. The van der Waals surface area contributed by atoms with Crippen LogP contribution in [0.2, 0.25) is 0 Å². The Morgan fingerprint density at radius 2 is 1.95 bits per heavy atom. The smallest absolute Gasteiger partial charge is 0.162 e. The molecule has 0 aliphatic heterocycles. The lowest BCUT2D eigenvalue weighted by Gasteiger charge is -2.14. The van der Waals surface area contributed by atoms with Crippen molar-refractivity contribution in [3.8, 4) is 5.75 Å². The maximum Gasteiger partial charge on any atom is 0.162 e. The Morgan fingerprint density at radius 1 is 1.19 bits per heavy atom. The highest BCUT2D eigenvalue weighted by atomic mass is 79.9. The van der Waals surface area contributed by atoms with Crippen LogP contribution in [0.1, 0.15) is 22.9 Å². The van der Waals surface area contributed by atoms with Gasteiger partial charge in [-0.3, -0.25) is 0 Å². The Morgan fingerprint density at radius 3 is 2.62 bits per heavy atom. The average molecular weight is 420 g/mol. The zero-order chi connectivity index (χ0) is 15.4. The zero-order valence-corrected chi connectivity index (χ0v) is 14.5. The monoisotopic (exact) mass is 418 g/mol. The fourth-order valence-electron chi connectivity index (χ4n) is 2.03. The van der Waals surface area contributed by atoms with E-state index >= 15 is 0 Å². The molecule has 21 heavy (non-hydrogen) atoms. The molecule has 0 N–H and O–H groups in total.